The largest absolute Gasteiger partial charge is 0.456 e. The summed E-state index contributed by atoms with van der Waals surface area (Å²) in [5.41, 5.74) is 0. The van der Waals surface area contributed by atoms with E-state index in [9.17, 15) is 18.4 Å². The van der Waals surface area contributed by atoms with Gasteiger partial charge in [0.05, 0.1) is 6.42 Å². The summed E-state index contributed by atoms with van der Waals surface area (Å²) >= 11 is 0. The van der Waals surface area contributed by atoms with Gasteiger partial charge in [-0.15, -0.1) is 0 Å². The van der Waals surface area contributed by atoms with Crippen LogP contribution in [0, 0.1) is 5.92 Å². The molecule has 1 aliphatic carbocycles. The molecule has 102 valence electrons. The van der Waals surface area contributed by atoms with E-state index in [0.29, 0.717) is 13.1 Å². The number of amides is 1. The highest BCUT2D eigenvalue weighted by Crippen LogP contribution is 2.30. The van der Waals surface area contributed by atoms with E-state index in [0.717, 1.165) is 12.8 Å². The van der Waals surface area contributed by atoms with Crippen molar-refractivity contribution in [1.82, 2.24) is 10.6 Å². The van der Waals surface area contributed by atoms with Crippen LogP contribution in [0.15, 0.2) is 0 Å². The van der Waals surface area contributed by atoms with Gasteiger partial charge in [-0.1, -0.05) is 0 Å². The van der Waals surface area contributed by atoms with Crippen LogP contribution in [0.25, 0.3) is 0 Å². The number of halogens is 2. The molecule has 2 fully saturated rings. The van der Waals surface area contributed by atoms with Gasteiger partial charge >= 0.3 is 11.9 Å². The molecule has 1 aliphatic heterocycles. The lowest BCUT2D eigenvalue weighted by molar-refractivity contribution is -0.159. The van der Waals surface area contributed by atoms with Crippen molar-refractivity contribution in [2.24, 2.45) is 5.92 Å². The average molecular weight is 262 g/mol. The molecule has 1 saturated heterocycles. The van der Waals surface area contributed by atoms with Crippen LogP contribution in [0.2, 0.25) is 0 Å². The van der Waals surface area contributed by atoms with Crippen LogP contribution in [-0.2, 0) is 14.3 Å². The summed E-state index contributed by atoms with van der Waals surface area (Å²) in [6, 6.07) is 0. The van der Waals surface area contributed by atoms with Crippen molar-refractivity contribution in [3.8, 4) is 0 Å². The summed E-state index contributed by atoms with van der Waals surface area (Å²) < 4.78 is 30.1. The van der Waals surface area contributed by atoms with Gasteiger partial charge in [0.15, 0.2) is 0 Å². The van der Waals surface area contributed by atoms with Crippen LogP contribution < -0.4 is 10.6 Å². The molecule has 2 N–H and O–H groups in total. The third-order valence-electron chi connectivity index (χ3n) is 2.98. The predicted octanol–water partition coefficient (Wildman–Crippen LogP) is 0.0530. The minimum atomic E-state index is -3.35. The zero-order chi connectivity index (χ0) is 13.2. The van der Waals surface area contributed by atoms with E-state index in [2.05, 4.69) is 15.4 Å². The average Bonchev–Trinajstić information content (AvgIpc) is 3.07. The van der Waals surface area contributed by atoms with Crippen molar-refractivity contribution >= 4 is 11.9 Å². The maximum Gasteiger partial charge on any atom is 0.377 e. The molecule has 1 heterocycles. The predicted molar refractivity (Wildman–Crippen MR) is 58.0 cm³/mol. The van der Waals surface area contributed by atoms with Crippen molar-refractivity contribution in [2.75, 3.05) is 19.6 Å². The fourth-order valence-corrected chi connectivity index (χ4v) is 1.79. The minimum absolute atomic E-state index is 0.0515. The zero-order valence-corrected chi connectivity index (χ0v) is 9.88. The minimum Gasteiger partial charge on any atom is -0.456 e. The summed E-state index contributed by atoms with van der Waals surface area (Å²) in [4.78, 5) is 22.0. The van der Waals surface area contributed by atoms with Crippen LogP contribution in [-0.4, -0.2) is 43.5 Å². The van der Waals surface area contributed by atoms with Gasteiger partial charge in [-0.25, -0.2) is 4.79 Å². The monoisotopic (exact) mass is 262 g/mol. The van der Waals surface area contributed by atoms with E-state index in [4.69, 9.17) is 0 Å². The maximum absolute atomic E-state index is 12.8. The lowest BCUT2D eigenvalue weighted by atomic mass is 10.2. The molecule has 0 aromatic heterocycles. The van der Waals surface area contributed by atoms with Crippen molar-refractivity contribution in [3.05, 3.63) is 0 Å². The number of carbonyl (C=O) groups is 2. The van der Waals surface area contributed by atoms with E-state index >= 15 is 0 Å². The molecule has 1 saturated carbocycles. The topological polar surface area (TPSA) is 67.4 Å². The Bertz CT molecular complexity index is 345. The van der Waals surface area contributed by atoms with Crippen molar-refractivity contribution in [3.63, 3.8) is 0 Å². The van der Waals surface area contributed by atoms with E-state index in [1.807, 2.05) is 0 Å². The second-order valence-corrected chi connectivity index (χ2v) is 4.71. The van der Waals surface area contributed by atoms with Crippen LogP contribution in [0.4, 0.5) is 8.78 Å². The van der Waals surface area contributed by atoms with E-state index in [1.165, 1.54) is 0 Å². The van der Waals surface area contributed by atoms with Gasteiger partial charge in [0.2, 0.25) is 5.91 Å². The molecule has 0 aromatic carbocycles. The van der Waals surface area contributed by atoms with Crippen LogP contribution in [0.3, 0.4) is 0 Å². The quantitative estimate of drug-likeness (QED) is 0.524. The van der Waals surface area contributed by atoms with Crippen molar-refractivity contribution in [2.45, 2.75) is 31.3 Å². The zero-order valence-electron chi connectivity index (χ0n) is 9.88. The normalized spacial score (nSPS) is 25.9. The third kappa shape index (κ3) is 3.38. The first-order valence-corrected chi connectivity index (χ1v) is 6.06. The summed E-state index contributed by atoms with van der Waals surface area (Å²) in [6.07, 6.45) is 0.540. The van der Waals surface area contributed by atoms with Crippen molar-refractivity contribution in [1.29, 1.82) is 0 Å². The second-order valence-electron chi connectivity index (χ2n) is 4.71. The number of rotatable bonds is 6. The Morgan fingerprint density at radius 2 is 2.11 bits per heavy atom. The summed E-state index contributed by atoms with van der Waals surface area (Å²) in [6.45, 7) is 1.10. The SMILES string of the molecule is O=C(NCCNCC1CC(F)(F)C(=O)O1)C1CC1. The Balaban J connectivity index is 1.53. The molecule has 0 aromatic rings. The van der Waals surface area contributed by atoms with Crippen LogP contribution in [0.1, 0.15) is 19.3 Å². The number of nitrogens with one attached hydrogen (secondary N) is 2. The molecule has 1 unspecified atom stereocenters. The highest BCUT2D eigenvalue weighted by Gasteiger charge is 2.50. The molecule has 0 bridgehead atoms. The lowest BCUT2D eigenvalue weighted by Crippen LogP contribution is -2.35. The van der Waals surface area contributed by atoms with Gasteiger partial charge in [0, 0.05) is 25.6 Å². The molecule has 18 heavy (non-hydrogen) atoms. The van der Waals surface area contributed by atoms with E-state index in [-0.39, 0.29) is 18.4 Å². The van der Waals surface area contributed by atoms with Gasteiger partial charge in [-0.05, 0) is 12.8 Å². The molecule has 1 amide bonds. The molecule has 5 nitrogen and oxygen atoms in total. The summed E-state index contributed by atoms with van der Waals surface area (Å²) in [5, 5.41) is 5.61. The Hall–Kier alpha value is -1.24. The maximum atomic E-state index is 12.8. The summed E-state index contributed by atoms with van der Waals surface area (Å²) in [7, 11) is 0. The highest BCUT2D eigenvalue weighted by molar-refractivity contribution is 5.80. The van der Waals surface area contributed by atoms with Crippen LogP contribution >= 0.6 is 0 Å². The fourth-order valence-electron chi connectivity index (χ4n) is 1.79. The molecular formula is C11H16F2N2O3. The third-order valence-corrected chi connectivity index (χ3v) is 2.98. The smallest absolute Gasteiger partial charge is 0.377 e. The molecular weight excluding hydrogens is 246 g/mol. The number of hydrogen-bond acceptors (Lipinski definition) is 4. The molecule has 0 spiro atoms. The van der Waals surface area contributed by atoms with Crippen LogP contribution in [0.5, 0.6) is 0 Å². The first-order valence-electron chi connectivity index (χ1n) is 6.06. The van der Waals surface area contributed by atoms with Gasteiger partial charge < -0.3 is 15.4 Å². The Kier molecular flexibility index (Phi) is 3.79. The first kappa shape index (κ1) is 13.2. The number of esters is 1. The molecule has 1 atom stereocenters. The standard InChI is InChI=1S/C11H16F2N2O3/c12-11(13)5-8(18-10(11)17)6-14-3-4-15-9(16)7-1-2-7/h7-8,14H,1-6H2,(H,15,16). The fraction of sp³-hybridized carbons (Fsp3) is 0.818. The number of cyclic esters (lactones) is 1. The number of ether oxygens (including phenoxy) is 1. The van der Waals surface area contributed by atoms with Crippen molar-refractivity contribution < 1.29 is 23.1 Å². The number of alkyl halides is 2. The molecule has 2 rings (SSSR count). The Morgan fingerprint density at radius 1 is 1.39 bits per heavy atom. The molecule has 2 aliphatic rings. The Labute approximate surface area is 103 Å². The van der Waals surface area contributed by atoms with Gasteiger partial charge in [-0.3, -0.25) is 4.79 Å². The van der Waals surface area contributed by atoms with E-state index in [1.54, 1.807) is 0 Å². The van der Waals surface area contributed by atoms with Gasteiger partial charge in [0.1, 0.15) is 6.10 Å². The Morgan fingerprint density at radius 3 is 2.67 bits per heavy atom. The highest BCUT2D eigenvalue weighted by atomic mass is 19.3. The lowest BCUT2D eigenvalue weighted by Gasteiger charge is -2.10. The first-order chi connectivity index (χ1) is 8.49. The van der Waals surface area contributed by atoms with Gasteiger partial charge in [-0.2, -0.15) is 8.78 Å². The summed E-state index contributed by atoms with van der Waals surface area (Å²) in [5.74, 6) is -4.58. The molecule has 7 heteroatoms. The van der Waals surface area contributed by atoms with Gasteiger partial charge in [0.25, 0.3) is 0 Å². The second kappa shape index (κ2) is 5.17. The van der Waals surface area contributed by atoms with E-state index < -0.39 is 24.4 Å². The number of carbonyl (C=O) groups excluding carboxylic acids is 2. The number of hydrogen-bond donors (Lipinski definition) is 2. The molecule has 0 radical (unpaired) electrons.